The number of carbonyl (C=O) groups is 1. The van der Waals surface area contributed by atoms with E-state index in [2.05, 4.69) is 4.74 Å². The van der Waals surface area contributed by atoms with E-state index in [0.717, 1.165) is 11.3 Å². The number of methoxy groups -OCH3 is 1. The maximum Gasteiger partial charge on any atom is 0.348 e. The minimum Gasteiger partial charge on any atom is -0.465 e. The molecule has 0 aliphatic heterocycles. The Morgan fingerprint density at radius 3 is 2.92 bits per heavy atom. The minimum absolute atomic E-state index is 0.129. The van der Waals surface area contributed by atoms with Crippen LogP contribution in [-0.2, 0) is 11.2 Å². The van der Waals surface area contributed by atoms with Gasteiger partial charge in [-0.1, -0.05) is 0 Å². The number of nitrogens with two attached hydrogens (primary N) is 1. The summed E-state index contributed by atoms with van der Waals surface area (Å²) in [4.78, 5) is 12.8. The van der Waals surface area contributed by atoms with E-state index in [1.54, 1.807) is 6.07 Å². The molecule has 72 valence electrons. The molecule has 0 aromatic carbocycles. The van der Waals surface area contributed by atoms with Crippen molar-refractivity contribution in [3.63, 3.8) is 0 Å². The summed E-state index contributed by atoms with van der Waals surface area (Å²) in [5.41, 5.74) is 5.63. The van der Waals surface area contributed by atoms with E-state index in [1.807, 2.05) is 13.0 Å². The molecule has 4 heteroatoms. The first-order valence-corrected chi connectivity index (χ1v) is 4.87. The Balaban J connectivity index is 2.69. The lowest BCUT2D eigenvalue weighted by atomic mass is 10.2. The molecule has 0 fully saturated rings. The molecule has 0 radical (unpaired) electrons. The molecule has 0 unspecified atom stereocenters. The van der Waals surface area contributed by atoms with E-state index in [4.69, 9.17) is 5.73 Å². The van der Waals surface area contributed by atoms with Crippen LogP contribution in [0.1, 0.15) is 21.5 Å². The van der Waals surface area contributed by atoms with Crippen molar-refractivity contribution < 1.29 is 9.53 Å². The highest BCUT2D eigenvalue weighted by Gasteiger charge is 2.09. The summed E-state index contributed by atoms with van der Waals surface area (Å²) in [6.45, 7) is 1.94. The highest BCUT2D eigenvalue weighted by Crippen LogP contribution is 2.18. The third-order valence-electron chi connectivity index (χ3n) is 1.57. The highest BCUT2D eigenvalue weighted by molar-refractivity contribution is 7.13. The molecule has 1 aromatic heterocycles. The molecule has 13 heavy (non-hydrogen) atoms. The molecule has 0 aliphatic carbocycles. The Kier molecular flexibility index (Phi) is 3.45. The molecule has 0 aliphatic rings. The number of esters is 1. The molecule has 0 amide bonds. The fraction of sp³-hybridized carbons (Fsp3) is 0.444. The van der Waals surface area contributed by atoms with Crippen LogP contribution in [0.3, 0.4) is 0 Å². The lowest BCUT2D eigenvalue weighted by Crippen LogP contribution is -2.16. The van der Waals surface area contributed by atoms with Crippen molar-refractivity contribution in [1.29, 1.82) is 0 Å². The average molecular weight is 199 g/mol. The third kappa shape index (κ3) is 2.82. The van der Waals surface area contributed by atoms with Crippen LogP contribution in [0.5, 0.6) is 0 Å². The van der Waals surface area contributed by atoms with Crippen LogP contribution in [0.4, 0.5) is 0 Å². The van der Waals surface area contributed by atoms with Gasteiger partial charge in [-0.15, -0.1) is 11.3 Å². The summed E-state index contributed by atoms with van der Waals surface area (Å²) in [5, 5.41) is 0. The molecule has 0 spiro atoms. The molecular weight excluding hydrogens is 186 g/mol. The van der Waals surface area contributed by atoms with E-state index < -0.39 is 0 Å². The zero-order chi connectivity index (χ0) is 9.84. The number of hydrogen-bond acceptors (Lipinski definition) is 4. The van der Waals surface area contributed by atoms with Gasteiger partial charge in [0.05, 0.1) is 7.11 Å². The molecule has 3 nitrogen and oxygen atoms in total. The molecule has 0 saturated carbocycles. The summed E-state index contributed by atoms with van der Waals surface area (Å²) in [6.07, 6.45) is 0.807. The Bertz CT molecular complexity index is 294. The first kappa shape index (κ1) is 10.2. The molecule has 1 atom stereocenters. The van der Waals surface area contributed by atoms with Gasteiger partial charge in [-0.3, -0.25) is 0 Å². The summed E-state index contributed by atoms with van der Waals surface area (Å²) < 4.78 is 4.59. The zero-order valence-electron chi connectivity index (χ0n) is 7.74. The molecule has 1 aromatic rings. The van der Waals surface area contributed by atoms with Crippen LogP contribution in [0.15, 0.2) is 12.1 Å². The Labute approximate surface area is 81.5 Å². The fourth-order valence-corrected chi connectivity index (χ4v) is 2.08. The zero-order valence-corrected chi connectivity index (χ0v) is 8.56. The van der Waals surface area contributed by atoms with Gasteiger partial charge in [-0.2, -0.15) is 0 Å². The smallest absolute Gasteiger partial charge is 0.348 e. The molecule has 1 heterocycles. The van der Waals surface area contributed by atoms with Gasteiger partial charge in [-0.05, 0) is 25.5 Å². The van der Waals surface area contributed by atoms with Gasteiger partial charge in [-0.25, -0.2) is 4.79 Å². The van der Waals surface area contributed by atoms with Crippen LogP contribution in [0, 0.1) is 0 Å². The monoisotopic (exact) mass is 199 g/mol. The average Bonchev–Trinajstić information content (AvgIpc) is 2.50. The van der Waals surface area contributed by atoms with Crippen molar-refractivity contribution in [3.05, 3.63) is 21.9 Å². The van der Waals surface area contributed by atoms with E-state index in [-0.39, 0.29) is 12.0 Å². The number of ether oxygens (including phenoxy) is 1. The van der Waals surface area contributed by atoms with Crippen molar-refractivity contribution in [2.75, 3.05) is 7.11 Å². The van der Waals surface area contributed by atoms with E-state index in [0.29, 0.717) is 4.88 Å². The predicted octanol–water partition coefficient (Wildman–Crippen LogP) is 1.42. The normalized spacial score (nSPS) is 12.5. The van der Waals surface area contributed by atoms with E-state index in [9.17, 15) is 4.79 Å². The van der Waals surface area contributed by atoms with Crippen molar-refractivity contribution in [1.82, 2.24) is 0 Å². The predicted molar refractivity (Wildman–Crippen MR) is 53.0 cm³/mol. The lowest BCUT2D eigenvalue weighted by molar-refractivity contribution is 0.0606. The maximum atomic E-state index is 11.1. The quantitative estimate of drug-likeness (QED) is 0.749. The van der Waals surface area contributed by atoms with Gasteiger partial charge in [0.15, 0.2) is 0 Å². The molecule has 0 bridgehead atoms. The summed E-state index contributed by atoms with van der Waals surface area (Å²) >= 11 is 1.44. The highest BCUT2D eigenvalue weighted by atomic mass is 32.1. The standard InChI is InChI=1S/C9H13NO2S/c1-6(10)5-7-3-4-8(13-7)9(11)12-2/h3-4,6H,5,10H2,1-2H3/t6-/m0/s1. The SMILES string of the molecule is COC(=O)c1ccc(C[C@H](C)N)s1. The van der Waals surface area contributed by atoms with Gasteiger partial charge in [0.1, 0.15) is 4.88 Å². The van der Waals surface area contributed by atoms with Crippen molar-refractivity contribution in [3.8, 4) is 0 Å². The van der Waals surface area contributed by atoms with Gasteiger partial charge in [0.25, 0.3) is 0 Å². The van der Waals surface area contributed by atoms with Crippen LogP contribution >= 0.6 is 11.3 Å². The molecule has 2 N–H and O–H groups in total. The number of thiophene rings is 1. The first-order chi connectivity index (χ1) is 6.13. The Morgan fingerprint density at radius 2 is 2.38 bits per heavy atom. The van der Waals surface area contributed by atoms with E-state index >= 15 is 0 Å². The summed E-state index contributed by atoms with van der Waals surface area (Å²) in [6, 6.07) is 3.82. The topological polar surface area (TPSA) is 52.3 Å². The number of hydrogen-bond donors (Lipinski definition) is 1. The fourth-order valence-electron chi connectivity index (χ4n) is 1.02. The second-order valence-electron chi connectivity index (χ2n) is 2.94. The Hall–Kier alpha value is -0.870. The minimum atomic E-state index is -0.277. The maximum absolute atomic E-state index is 11.1. The molecule has 0 saturated heterocycles. The molecular formula is C9H13NO2S. The van der Waals surface area contributed by atoms with Crippen molar-refractivity contribution in [2.24, 2.45) is 5.73 Å². The Morgan fingerprint density at radius 1 is 1.69 bits per heavy atom. The van der Waals surface area contributed by atoms with Gasteiger partial charge in [0, 0.05) is 10.9 Å². The van der Waals surface area contributed by atoms with Crippen LogP contribution in [0.25, 0.3) is 0 Å². The van der Waals surface area contributed by atoms with Gasteiger partial charge < -0.3 is 10.5 Å². The van der Waals surface area contributed by atoms with E-state index in [1.165, 1.54) is 18.4 Å². The van der Waals surface area contributed by atoms with Crippen LogP contribution < -0.4 is 5.73 Å². The second kappa shape index (κ2) is 4.39. The van der Waals surface area contributed by atoms with Crippen LogP contribution in [0.2, 0.25) is 0 Å². The lowest BCUT2D eigenvalue weighted by Gasteiger charge is -2.00. The van der Waals surface area contributed by atoms with Gasteiger partial charge >= 0.3 is 5.97 Å². The number of carbonyl (C=O) groups excluding carboxylic acids is 1. The number of rotatable bonds is 3. The largest absolute Gasteiger partial charge is 0.465 e. The summed E-state index contributed by atoms with van der Waals surface area (Å²) in [7, 11) is 1.38. The summed E-state index contributed by atoms with van der Waals surface area (Å²) in [5.74, 6) is -0.277. The van der Waals surface area contributed by atoms with Crippen LogP contribution in [-0.4, -0.2) is 19.1 Å². The van der Waals surface area contributed by atoms with Crippen molar-refractivity contribution >= 4 is 17.3 Å². The van der Waals surface area contributed by atoms with Gasteiger partial charge in [0.2, 0.25) is 0 Å². The van der Waals surface area contributed by atoms with Crippen molar-refractivity contribution in [2.45, 2.75) is 19.4 Å². The third-order valence-corrected chi connectivity index (χ3v) is 2.66. The second-order valence-corrected chi connectivity index (χ2v) is 4.11. The molecule has 1 rings (SSSR count). The first-order valence-electron chi connectivity index (χ1n) is 4.06.